The molecule has 1 aromatic carbocycles. The van der Waals surface area contributed by atoms with Gasteiger partial charge in [0, 0.05) is 17.0 Å². The van der Waals surface area contributed by atoms with E-state index in [4.69, 9.17) is 4.52 Å². The van der Waals surface area contributed by atoms with Crippen molar-refractivity contribution in [3.63, 3.8) is 0 Å². The number of rotatable bonds is 2. The zero-order valence-corrected chi connectivity index (χ0v) is 9.41. The highest BCUT2D eigenvalue weighted by molar-refractivity contribution is 9.08. The Labute approximate surface area is 91.1 Å². The first-order valence-electron chi connectivity index (χ1n) is 4.38. The molecular weight excluding hydrogens is 242 g/mol. The van der Waals surface area contributed by atoms with Crippen LogP contribution < -0.4 is 0 Å². The number of aryl methyl sites for hydroxylation is 1. The minimum absolute atomic E-state index is 0.725. The number of benzene rings is 1. The van der Waals surface area contributed by atoms with Crippen LogP contribution in [-0.4, -0.2) is 5.16 Å². The summed E-state index contributed by atoms with van der Waals surface area (Å²) in [5, 5.41) is 4.64. The third-order valence-corrected chi connectivity index (χ3v) is 2.61. The first-order valence-corrected chi connectivity index (χ1v) is 5.50. The van der Waals surface area contributed by atoms with E-state index in [1.165, 1.54) is 5.56 Å². The highest BCUT2D eigenvalue weighted by Crippen LogP contribution is 2.21. The summed E-state index contributed by atoms with van der Waals surface area (Å²) in [6.45, 7) is 2.06. The molecule has 1 heterocycles. The molecule has 0 fully saturated rings. The zero-order valence-electron chi connectivity index (χ0n) is 7.83. The molecule has 72 valence electrons. The van der Waals surface area contributed by atoms with Crippen molar-refractivity contribution in [1.82, 2.24) is 5.16 Å². The Hall–Kier alpha value is -1.09. The molecule has 0 bridgehead atoms. The second-order valence-electron chi connectivity index (χ2n) is 3.18. The van der Waals surface area contributed by atoms with Crippen LogP contribution in [0.25, 0.3) is 11.3 Å². The normalized spacial score (nSPS) is 10.4. The van der Waals surface area contributed by atoms with E-state index in [9.17, 15) is 0 Å². The minimum Gasteiger partial charge on any atom is -0.356 e. The number of aromatic nitrogens is 1. The van der Waals surface area contributed by atoms with Gasteiger partial charge in [0.2, 0.25) is 0 Å². The average Bonchev–Trinajstić information content (AvgIpc) is 2.67. The number of alkyl halides is 1. The van der Waals surface area contributed by atoms with E-state index in [1.54, 1.807) is 0 Å². The maximum atomic E-state index is 5.20. The summed E-state index contributed by atoms with van der Waals surface area (Å²) in [7, 11) is 0. The van der Waals surface area contributed by atoms with Crippen LogP contribution in [0.4, 0.5) is 0 Å². The van der Waals surface area contributed by atoms with Crippen LogP contribution in [0.3, 0.4) is 0 Å². The van der Waals surface area contributed by atoms with Crippen LogP contribution >= 0.6 is 15.9 Å². The summed E-state index contributed by atoms with van der Waals surface area (Å²) in [4.78, 5) is 0. The van der Waals surface area contributed by atoms with E-state index in [-0.39, 0.29) is 0 Å². The molecule has 0 spiro atoms. The Morgan fingerprint density at radius 3 is 2.57 bits per heavy atom. The largest absolute Gasteiger partial charge is 0.356 e. The molecule has 0 amide bonds. The Kier molecular flexibility index (Phi) is 2.68. The fourth-order valence-electron chi connectivity index (χ4n) is 1.23. The lowest BCUT2D eigenvalue weighted by atomic mass is 10.1. The van der Waals surface area contributed by atoms with Gasteiger partial charge in [-0.15, -0.1) is 0 Å². The van der Waals surface area contributed by atoms with Gasteiger partial charge in [-0.05, 0) is 6.92 Å². The van der Waals surface area contributed by atoms with Crippen molar-refractivity contribution in [2.45, 2.75) is 12.3 Å². The van der Waals surface area contributed by atoms with Crippen molar-refractivity contribution in [2.75, 3.05) is 0 Å². The topological polar surface area (TPSA) is 26.0 Å². The summed E-state index contributed by atoms with van der Waals surface area (Å²) < 4.78 is 5.20. The Morgan fingerprint density at radius 2 is 2.00 bits per heavy atom. The van der Waals surface area contributed by atoms with Gasteiger partial charge in [-0.25, -0.2) is 0 Å². The maximum Gasteiger partial charge on any atom is 0.167 e. The molecule has 3 heteroatoms. The third kappa shape index (κ3) is 1.87. The van der Waals surface area contributed by atoms with Gasteiger partial charge in [0.15, 0.2) is 5.76 Å². The van der Waals surface area contributed by atoms with Crippen LogP contribution in [0.2, 0.25) is 0 Å². The van der Waals surface area contributed by atoms with E-state index >= 15 is 0 Å². The predicted molar refractivity (Wildman–Crippen MR) is 59.3 cm³/mol. The van der Waals surface area contributed by atoms with E-state index in [1.807, 2.05) is 18.2 Å². The Bertz CT molecular complexity index is 419. The van der Waals surface area contributed by atoms with Crippen molar-refractivity contribution in [3.05, 3.63) is 41.6 Å². The van der Waals surface area contributed by atoms with Crippen molar-refractivity contribution >= 4 is 15.9 Å². The van der Waals surface area contributed by atoms with E-state index < -0.39 is 0 Å². The highest BCUT2D eigenvalue weighted by atomic mass is 79.9. The highest BCUT2D eigenvalue weighted by Gasteiger charge is 2.04. The van der Waals surface area contributed by atoms with Crippen LogP contribution in [-0.2, 0) is 5.33 Å². The summed E-state index contributed by atoms with van der Waals surface area (Å²) in [5.74, 6) is 0.819. The second-order valence-corrected chi connectivity index (χ2v) is 3.74. The number of hydrogen-bond acceptors (Lipinski definition) is 2. The van der Waals surface area contributed by atoms with Crippen LogP contribution in [0.15, 0.2) is 34.9 Å². The smallest absolute Gasteiger partial charge is 0.167 e. The first kappa shape index (κ1) is 9.46. The predicted octanol–water partition coefficient (Wildman–Crippen LogP) is 3.54. The molecule has 0 aliphatic carbocycles. The molecule has 1 aromatic heterocycles. The molecule has 0 unspecified atom stereocenters. The van der Waals surface area contributed by atoms with Gasteiger partial charge in [0.1, 0.15) is 0 Å². The molecule has 0 N–H and O–H groups in total. The lowest BCUT2D eigenvalue weighted by Gasteiger charge is -1.95. The SMILES string of the molecule is Cc1ccc(-c2cc(CBr)no2)cc1. The van der Waals surface area contributed by atoms with E-state index in [2.05, 4.69) is 40.1 Å². The van der Waals surface area contributed by atoms with Gasteiger partial charge < -0.3 is 4.52 Å². The molecule has 0 radical (unpaired) electrons. The maximum absolute atomic E-state index is 5.20. The van der Waals surface area contributed by atoms with E-state index in [0.717, 1.165) is 22.3 Å². The van der Waals surface area contributed by atoms with E-state index in [0.29, 0.717) is 0 Å². The number of nitrogens with zero attached hydrogens (tertiary/aromatic N) is 1. The number of hydrogen-bond donors (Lipinski definition) is 0. The van der Waals surface area contributed by atoms with Crippen molar-refractivity contribution in [2.24, 2.45) is 0 Å². The summed E-state index contributed by atoms with van der Waals surface area (Å²) >= 11 is 3.33. The summed E-state index contributed by atoms with van der Waals surface area (Å²) in [5.41, 5.74) is 3.23. The molecule has 2 aromatic rings. The third-order valence-electron chi connectivity index (χ3n) is 2.03. The molecule has 0 saturated carbocycles. The molecule has 14 heavy (non-hydrogen) atoms. The van der Waals surface area contributed by atoms with Crippen molar-refractivity contribution < 1.29 is 4.52 Å². The quantitative estimate of drug-likeness (QED) is 0.764. The van der Waals surface area contributed by atoms with Gasteiger partial charge in [0.05, 0.1) is 5.69 Å². The average molecular weight is 252 g/mol. The fourth-order valence-corrected chi connectivity index (χ4v) is 1.49. The van der Waals surface area contributed by atoms with Gasteiger partial charge in [-0.3, -0.25) is 0 Å². The van der Waals surface area contributed by atoms with Crippen molar-refractivity contribution in [3.8, 4) is 11.3 Å². The monoisotopic (exact) mass is 251 g/mol. The molecule has 2 nitrogen and oxygen atoms in total. The standard InChI is InChI=1S/C11H10BrNO/c1-8-2-4-9(5-3-8)11-6-10(7-12)13-14-11/h2-6H,7H2,1H3. The van der Waals surface area contributed by atoms with Gasteiger partial charge in [-0.2, -0.15) is 0 Å². The van der Waals surface area contributed by atoms with Crippen LogP contribution in [0, 0.1) is 6.92 Å². The lowest BCUT2D eigenvalue weighted by Crippen LogP contribution is -1.74. The molecule has 0 aliphatic rings. The lowest BCUT2D eigenvalue weighted by molar-refractivity contribution is 0.426. The van der Waals surface area contributed by atoms with Crippen molar-refractivity contribution in [1.29, 1.82) is 0 Å². The number of halogens is 1. The second kappa shape index (κ2) is 3.96. The Morgan fingerprint density at radius 1 is 1.29 bits per heavy atom. The first-order chi connectivity index (χ1) is 6.79. The van der Waals surface area contributed by atoms with Gasteiger partial charge in [-0.1, -0.05) is 50.9 Å². The molecule has 2 rings (SSSR count). The molecule has 0 saturated heterocycles. The summed E-state index contributed by atoms with van der Waals surface area (Å²) in [6, 6.07) is 10.1. The molecule has 0 atom stereocenters. The zero-order chi connectivity index (χ0) is 9.97. The van der Waals surface area contributed by atoms with Gasteiger partial charge in [0.25, 0.3) is 0 Å². The van der Waals surface area contributed by atoms with Crippen LogP contribution in [0.5, 0.6) is 0 Å². The minimum atomic E-state index is 0.725. The Balaban J connectivity index is 2.34. The molecular formula is C11H10BrNO. The summed E-state index contributed by atoms with van der Waals surface area (Å²) in [6.07, 6.45) is 0. The molecule has 0 aliphatic heterocycles. The fraction of sp³-hybridized carbons (Fsp3) is 0.182. The van der Waals surface area contributed by atoms with Crippen LogP contribution in [0.1, 0.15) is 11.3 Å². The van der Waals surface area contributed by atoms with Gasteiger partial charge >= 0.3 is 0 Å².